The van der Waals surface area contributed by atoms with E-state index in [1.165, 1.54) is 6.07 Å². The lowest BCUT2D eigenvalue weighted by Crippen LogP contribution is -2.32. The van der Waals surface area contributed by atoms with Gasteiger partial charge < -0.3 is 9.47 Å². The zero-order chi connectivity index (χ0) is 14.3. The molecule has 0 aromatic heterocycles. The van der Waals surface area contributed by atoms with E-state index in [2.05, 4.69) is 15.9 Å². The standard InChI is InChI=1S/C14H16BrFO3/c1-4-14(12(17)18-5-2)13(3,19-14)9-6-7-11(16)10(15)8-9/h6-8H,4-5H2,1-3H3. The van der Waals surface area contributed by atoms with Crippen LogP contribution in [0.4, 0.5) is 4.39 Å². The topological polar surface area (TPSA) is 38.8 Å². The smallest absolute Gasteiger partial charge is 0.341 e. The zero-order valence-corrected chi connectivity index (χ0v) is 12.7. The van der Waals surface area contributed by atoms with Gasteiger partial charge in [-0.2, -0.15) is 0 Å². The predicted octanol–water partition coefficient (Wildman–Crippen LogP) is 3.55. The van der Waals surface area contributed by atoms with Gasteiger partial charge in [-0.1, -0.05) is 13.0 Å². The monoisotopic (exact) mass is 330 g/mol. The minimum atomic E-state index is -0.958. The van der Waals surface area contributed by atoms with E-state index < -0.39 is 11.2 Å². The van der Waals surface area contributed by atoms with Gasteiger partial charge in [0.25, 0.3) is 0 Å². The number of rotatable bonds is 4. The lowest BCUT2D eigenvalue weighted by molar-refractivity contribution is -0.149. The Morgan fingerprint density at radius 2 is 2.16 bits per heavy atom. The largest absolute Gasteiger partial charge is 0.464 e. The van der Waals surface area contributed by atoms with Crippen LogP contribution in [0.15, 0.2) is 22.7 Å². The van der Waals surface area contributed by atoms with Crippen LogP contribution >= 0.6 is 15.9 Å². The molecule has 1 fully saturated rings. The molecular weight excluding hydrogens is 315 g/mol. The molecule has 1 heterocycles. The summed E-state index contributed by atoms with van der Waals surface area (Å²) < 4.78 is 24.4. The molecule has 3 nitrogen and oxygen atoms in total. The molecule has 0 bridgehead atoms. The van der Waals surface area contributed by atoms with Crippen molar-refractivity contribution in [1.82, 2.24) is 0 Å². The fraction of sp³-hybridized carbons (Fsp3) is 0.500. The lowest BCUT2D eigenvalue weighted by Gasteiger charge is -2.15. The van der Waals surface area contributed by atoms with Crippen LogP contribution in [0.2, 0.25) is 0 Å². The van der Waals surface area contributed by atoms with Crippen LogP contribution in [0.1, 0.15) is 32.8 Å². The molecule has 2 rings (SSSR count). The van der Waals surface area contributed by atoms with Gasteiger partial charge in [-0.3, -0.25) is 0 Å². The number of epoxide rings is 1. The molecule has 0 amide bonds. The van der Waals surface area contributed by atoms with E-state index in [1.54, 1.807) is 19.1 Å². The fourth-order valence-electron chi connectivity index (χ4n) is 2.45. The van der Waals surface area contributed by atoms with Gasteiger partial charge in [-0.15, -0.1) is 0 Å². The van der Waals surface area contributed by atoms with Crippen LogP contribution in [0, 0.1) is 5.82 Å². The highest BCUT2D eigenvalue weighted by Crippen LogP contribution is 2.58. The van der Waals surface area contributed by atoms with Gasteiger partial charge in [0.2, 0.25) is 0 Å². The molecule has 0 saturated carbocycles. The summed E-state index contributed by atoms with van der Waals surface area (Å²) in [6.45, 7) is 5.77. The Morgan fingerprint density at radius 1 is 1.47 bits per heavy atom. The second kappa shape index (κ2) is 4.87. The third-order valence-electron chi connectivity index (χ3n) is 3.68. The first-order chi connectivity index (χ1) is 8.91. The van der Waals surface area contributed by atoms with Gasteiger partial charge in [0, 0.05) is 0 Å². The number of carbonyl (C=O) groups is 1. The number of carbonyl (C=O) groups excluding carboxylic acids is 1. The summed E-state index contributed by atoms with van der Waals surface area (Å²) in [6.07, 6.45) is 0.511. The molecule has 0 spiro atoms. The molecule has 0 N–H and O–H groups in total. The zero-order valence-electron chi connectivity index (χ0n) is 11.1. The van der Waals surface area contributed by atoms with E-state index in [4.69, 9.17) is 9.47 Å². The highest BCUT2D eigenvalue weighted by Gasteiger charge is 2.72. The van der Waals surface area contributed by atoms with Gasteiger partial charge >= 0.3 is 5.97 Å². The Morgan fingerprint density at radius 3 is 2.68 bits per heavy atom. The normalized spacial score (nSPS) is 29.1. The first-order valence-corrected chi connectivity index (χ1v) is 7.03. The molecule has 1 saturated heterocycles. The molecule has 2 atom stereocenters. The summed E-state index contributed by atoms with van der Waals surface area (Å²) in [5.41, 5.74) is -0.958. The summed E-state index contributed by atoms with van der Waals surface area (Å²) >= 11 is 3.15. The molecule has 1 aliphatic heterocycles. The van der Waals surface area contributed by atoms with Crippen molar-refractivity contribution in [3.8, 4) is 0 Å². The van der Waals surface area contributed by atoms with Crippen molar-refractivity contribution in [2.75, 3.05) is 6.61 Å². The third kappa shape index (κ3) is 2.09. The maximum Gasteiger partial charge on any atom is 0.341 e. The van der Waals surface area contributed by atoms with Gasteiger partial charge in [0.15, 0.2) is 5.60 Å². The van der Waals surface area contributed by atoms with E-state index in [-0.39, 0.29) is 11.8 Å². The molecule has 104 valence electrons. The Labute approximate surface area is 120 Å². The summed E-state index contributed by atoms with van der Waals surface area (Å²) in [5, 5.41) is 0. The Kier molecular flexibility index (Phi) is 3.71. The van der Waals surface area contributed by atoms with Crippen LogP contribution in [0.3, 0.4) is 0 Å². The summed E-state index contributed by atoms with van der Waals surface area (Å²) in [6, 6.07) is 4.64. The van der Waals surface area contributed by atoms with Crippen molar-refractivity contribution >= 4 is 21.9 Å². The summed E-state index contributed by atoms with van der Waals surface area (Å²) in [4.78, 5) is 12.1. The number of ether oxygens (including phenoxy) is 2. The molecule has 0 radical (unpaired) electrons. The van der Waals surface area contributed by atoms with Crippen molar-refractivity contribution < 1.29 is 18.7 Å². The second-order valence-electron chi connectivity index (χ2n) is 4.67. The van der Waals surface area contributed by atoms with Crippen LogP contribution in [0.5, 0.6) is 0 Å². The molecule has 1 aliphatic rings. The molecular formula is C14H16BrFO3. The van der Waals surface area contributed by atoms with Gasteiger partial charge in [0.1, 0.15) is 11.4 Å². The van der Waals surface area contributed by atoms with Crippen LogP contribution in [-0.4, -0.2) is 18.2 Å². The first-order valence-electron chi connectivity index (χ1n) is 6.24. The minimum Gasteiger partial charge on any atom is -0.464 e. The van der Waals surface area contributed by atoms with E-state index in [1.807, 2.05) is 13.8 Å². The maximum absolute atomic E-state index is 13.3. The van der Waals surface area contributed by atoms with E-state index in [9.17, 15) is 9.18 Å². The van der Waals surface area contributed by atoms with Gasteiger partial charge in [-0.25, -0.2) is 9.18 Å². The average Bonchev–Trinajstić information content (AvgIpc) is 3.01. The molecule has 2 unspecified atom stereocenters. The van der Waals surface area contributed by atoms with E-state index in [0.29, 0.717) is 17.5 Å². The van der Waals surface area contributed by atoms with Crippen molar-refractivity contribution in [2.24, 2.45) is 0 Å². The van der Waals surface area contributed by atoms with Crippen molar-refractivity contribution in [3.05, 3.63) is 34.1 Å². The number of hydrogen-bond donors (Lipinski definition) is 0. The first kappa shape index (κ1) is 14.5. The molecule has 19 heavy (non-hydrogen) atoms. The molecule has 1 aromatic rings. The number of halogens is 2. The Balaban J connectivity index is 2.34. The van der Waals surface area contributed by atoms with Crippen LogP contribution in [-0.2, 0) is 19.9 Å². The SMILES string of the molecule is CCOC(=O)C1(CC)OC1(C)c1ccc(F)c(Br)c1. The highest BCUT2D eigenvalue weighted by molar-refractivity contribution is 9.10. The van der Waals surface area contributed by atoms with E-state index >= 15 is 0 Å². The van der Waals surface area contributed by atoms with Crippen LogP contribution in [0.25, 0.3) is 0 Å². The molecule has 5 heteroatoms. The quantitative estimate of drug-likeness (QED) is 0.626. The number of hydrogen-bond acceptors (Lipinski definition) is 3. The van der Waals surface area contributed by atoms with Gasteiger partial charge in [-0.05, 0) is 53.9 Å². The molecule has 0 aliphatic carbocycles. The van der Waals surface area contributed by atoms with Crippen molar-refractivity contribution in [2.45, 2.75) is 38.4 Å². The molecule has 1 aromatic carbocycles. The van der Waals surface area contributed by atoms with Crippen molar-refractivity contribution in [3.63, 3.8) is 0 Å². The van der Waals surface area contributed by atoms with Gasteiger partial charge in [0.05, 0.1) is 11.1 Å². The van der Waals surface area contributed by atoms with E-state index in [0.717, 1.165) is 5.56 Å². The predicted molar refractivity (Wildman–Crippen MR) is 72.2 cm³/mol. The summed E-state index contributed by atoms with van der Waals surface area (Å²) in [5.74, 6) is -0.702. The highest BCUT2D eigenvalue weighted by atomic mass is 79.9. The second-order valence-corrected chi connectivity index (χ2v) is 5.52. The number of esters is 1. The third-order valence-corrected chi connectivity index (χ3v) is 4.29. The van der Waals surface area contributed by atoms with Crippen LogP contribution < -0.4 is 0 Å². The number of benzene rings is 1. The minimum absolute atomic E-state index is 0.313. The maximum atomic E-state index is 13.3. The summed E-state index contributed by atoms with van der Waals surface area (Å²) in [7, 11) is 0. The Bertz CT molecular complexity index is 519. The average molecular weight is 331 g/mol. The fourth-order valence-corrected chi connectivity index (χ4v) is 2.82. The Hall–Kier alpha value is -0.940. The lowest BCUT2D eigenvalue weighted by atomic mass is 9.86. The van der Waals surface area contributed by atoms with Crippen molar-refractivity contribution in [1.29, 1.82) is 0 Å².